The largest absolute Gasteiger partial charge is 0.153 e. The number of rotatable bonds is 28. The van der Waals surface area contributed by atoms with Gasteiger partial charge in [0.25, 0.3) is 0 Å². The molecular formula is C32H71P2+. The van der Waals surface area contributed by atoms with Gasteiger partial charge in [-0.15, -0.1) is 0 Å². The van der Waals surface area contributed by atoms with E-state index >= 15 is 0 Å². The van der Waals surface area contributed by atoms with Gasteiger partial charge in [-0.25, -0.2) is 0 Å². The van der Waals surface area contributed by atoms with Gasteiger partial charge in [0.2, 0.25) is 0 Å². The summed E-state index contributed by atoms with van der Waals surface area (Å²) >= 11 is 0. The van der Waals surface area contributed by atoms with E-state index in [1.54, 1.807) is 50.3 Å². The molecule has 0 spiro atoms. The first-order valence-corrected chi connectivity index (χ1v) is 18.6. The van der Waals surface area contributed by atoms with Crippen LogP contribution in [0.15, 0.2) is 0 Å². The van der Waals surface area contributed by atoms with E-state index in [2.05, 4.69) is 27.7 Å². The first kappa shape index (κ1) is 37.0. The summed E-state index contributed by atoms with van der Waals surface area (Å²) in [4.78, 5) is 0. The highest BCUT2D eigenvalue weighted by molar-refractivity contribution is 7.75. The van der Waals surface area contributed by atoms with E-state index in [-0.39, 0.29) is 9.90 Å². The summed E-state index contributed by atoms with van der Waals surface area (Å²) in [6.07, 6.45) is 42.1. The smallest absolute Gasteiger partial charge is 0.0594 e. The maximum Gasteiger partial charge on any atom is 0.0594 e. The lowest BCUT2D eigenvalue weighted by atomic mass is 10.1. The highest BCUT2D eigenvalue weighted by Crippen LogP contribution is 2.61. The van der Waals surface area contributed by atoms with Crippen LogP contribution in [0.2, 0.25) is 0 Å². The van der Waals surface area contributed by atoms with Crippen molar-refractivity contribution in [1.82, 2.24) is 0 Å². The molecule has 0 saturated carbocycles. The molecule has 0 radical (unpaired) electrons. The second kappa shape index (κ2) is 30.1. The molecule has 0 aromatic heterocycles. The first-order valence-electron chi connectivity index (χ1n) is 16.1. The lowest BCUT2D eigenvalue weighted by Crippen LogP contribution is -2.13. The predicted octanol–water partition coefficient (Wildman–Crippen LogP) is 12.5. The summed E-state index contributed by atoms with van der Waals surface area (Å²) in [6, 6.07) is 0. The number of hydrogen-bond donors (Lipinski definition) is 0. The molecule has 208 valence electrons. The Bertz CT molecular complexity index is 324. The molecule has 0 aromatic rings. The molecule has 0 saturated heterocycles. The van der Waals surface area contributed by atoms with Gasteiger partial charge in [-0.05, 0) is 51.4 Å². The number of hydrogen-bond acceptors (Lipinski definition) is 0. The summed E-state index contributed by atoms with van der Waals surface area (Å²) in [7, 11) is -0.697. The van der Waals surface area contributed by atoms with Crippen molar-refractivity contribution >= 4 is 17.2 Å². The SMILES string of the molecule is CCCCCCCCCCCCCC[P+](CCCCCC)(CCCCCC)CCCCCC.P. The molecule has 0 bridgehead atoms. The molecule has 0 rings (SSSR count). The van der Waals surface area contributed by atoms with Crippen LogP contribution in [0.4, 0.5) is 0 Å². The van der Waals surface area contributed by atoms with Crippen LogP contribution in [0, 0.1) is 0 Å². The van der Waals surface area contributed by atoms with Crippen molar-refractivity contribution in [1.29, 1.82) is 0 Å². The first-order chi connectivity index (χ1) is 16.2. The zero-order chi connectivity index (χ0) is 24.3. The monoisotopic (exact) mass is 518 g/mol. The van der Waals surface area contributed by atoms with Gasteiger partial charge in [-0.3, -0.25) is 0 Å². The van der Waals surface area contributed by atoms with Gasteiger partial charge >= 0.3 is 0 Å². The minimum absolute atomic E-state index is 0. The van der Waals surface area contributed by atoms with Crippen molar-refractivity contribution in [2.24, 2.45) is 0 Å². The molecule has 0 aliphatic rings. The normalized spacial score (nSPS) is 11.6. The zero-order valence-electron chi connectivity index (χ0n) is 25.0. The van der Waals surface area contributed by atoms with Gasteiger partial charge in [-0.1, -0.05) is 130 Å². The van der Waals surface area contributed by atoms with Crippen LogP contribution < -0.4 is 0 Å². The molecule has 0 aliphatic carbocycles. The fourth-order valence-electron chi connectivity index (χ4n) is 5.58. The van der Waals surface area contributed by atoms with Gasteiger partial charge in [0, 0.05) is 7.26 Å². The molecule has 0 aromatic carbocycles. The van der Waals surface area contributed by atoms with Crippen LogP contribution in [-0.2, 0) is 0 Å². The Morgan fingerprint density at radius 3 is 0.676 bits per heavy atom. The highest BCUT2D eigenvalue weighted by Gasteiger charge is 2.34. The maximum atomic E-state index is 2.37. The molecule has 0 N–H and O–H groups in total. The second-order valence-corrected chi connectivity index (χ2v) is 15.8. The average Bonchev–Trinajstić information content (AvgIpc) is 2.83. The Hall–Kier alpha value is 0.860. The van der Waals surface area contributed by atoms with E-state index in [0.29, 0.717) is 0 Å². The van der Waals surface area contributed by atoms with E-state index in [9.17, 15) is 0 Å². The highest BCUT2D eigenvalue weighted by atomic mass is 31.2. The summed E-state index contributed by atoms with van der Waals surface area (Å²) < 4.78 is 0. The van der Waals surface area contributed by atoms with Gasteiger partial charge in [0.05, 0.1) is 24.6 Å². The minimum atomic E-state index is -0.697. The van der Waals surface area contributed by atoms with Gasteiger partial charge in [0.15, 0.2) is 0 Å². The van der Waals surface area contributed by atoms with Crippen molar-refractivity contribution in [3.05, 3.63) is 0 Å². The van der Waals surface area contributed by atoms with Crippen LogP contribution in [0.25, 0.3) is 0 Å². The molecule has 0 nitrogen and oxygen atoms in total. The van der Waals surface area contributed by atoms with Crippen molar-refractivity contribution in [3.63, 3.8) is 0 Å². The van der Waals surface area contributed by atoms with E-state index < -0.39 is 7.26 Å². The van der Waals surface area contributed by atoms with E-state index in [4.69, 9.17) is 0 Å². The molecule has 34 heavy (non-hydrogen) atoms. The molecular weight excluding hydrogens is 446 g/mol. The molecule has 0 fully saturated rings. The molecule has 0 aliphatic heterocycles. The van der Waals surface area contributed by atoms with Crippen LogP contribution >= 0.6 is 17.2 Å². The van der Waals surface area contributed by atoms with Crippen LogP contribution in [0.5, 0.6) is 0 Å². The quantitative estimate of drug-likeness (QED) is 0.0715. The van der Waals surface area contributed by atoms with Gasteiger partial charge in [-0.2, -0.15) is 9.90 Å². The Morgan fingerprint density at radius 1 is 0.265 bits per heavy atom. The Morgan fingerprint density at radius 2 is 0.441 bits per heavy atom. The topological polar surface area (TPSA) is 0 Å². The summed E-state index contributed by atoms with van der Waals surface area (Å²) in [5.41, 5.74) is 0. The summed E-state index contributed by atoms with van der Waals surface area (Å²) in [5.74, 6) is 0. The third-order valence-corrected chi connectivity index (χ3v) is 13.0. The Balaban J connectivity index is 0. The van der Waals surface area contributed by atoms with Crippen molar-refractivity contribution in [2.75, 3.05) is 24.6 Å². The van der Waals surface area contributed by atoms with Gasteiger partial charge < -0.3 is 0 Å². The summed E-state index contributed by atoms with van der Waals surface area (Å²) in [6.45, 7) is 9.41. The minimum Gasteiger partial charge on any atom is -0.153 e. The molecule has 1 unspecified atom stereocenters. The molecule has 1 atom stereocenters. The second-order valence-electron chi connectivity index (χ2n) is 11.3. The molecule has 2 heteroatoms. The Kier molecular flexibility index (Phi) is 32.8. The summed E-state index contributed by atoms with van der Waals surface area (Å²) in [5, 5.41) is 0. The predicted molar refractivity (Wildman–Crippen MR) is 171 cm³/mol. The fourth-order valence-corrected chi connectivity index (χ4v) is 10.5. The zero-order valence-corrected chi connectivity index (χ0v) is 27.3. The van der Waals surface area contributed by atoms with E-state index in [0.717, 1.165) is 0 Å². The Labute approximate surface area is 223 Å². The van der Waals surface area contributed by atoms with Crippen molar-refractivity contribution in [3.8, 4) is 0 Å². The van der Waals surface area contributed by atoms with Crippen LogP contribution in [0.1, 0.15) is 182 Å². The third-order valence-electron chi connectivity index (χ3n) is 7.94. The lowest BCUT2D eigenvalue weighted by Gasteiger charge is -2.28. The maximum absolute atomic E-state index is 2.37. The molecule has 0 heterocycles. The average molecular weight is 518 g/mol. The van der Waals surface area contributed by atoms with Crippen molar-refractivity contribution < 1.29 is 0 Å². The third kappa shape index (κ3) is 24.5. The number of unbranched alkanes of at least 4 members (excludes halogenated alkanes) is 20. The van der Waals surface area contributed by atoms with E-state index in [1.165, 1.54) is 128 Å². The lowest BCUT2D eigenvalue weighted by molar-refractivity contribution is 0.548. The van der Waals surface area contributed by atoms with Crippen LogP contribution in [-0.4, -0.2) is 24.6 Å². The van der Waals surface area contributed by atoms with Gasteiger partial charge in [0.1, 0.15) is 0 Å². The van der Waals surface area contributed by atoms with Crippen LogP contribution in [0.3, 0.4) is 0 Å². The standard InChI is InChI=1S/C32H68P.H3P/c1-5-9-13-17-18-19-20-21-22-23-24-28-32-33(29-25-14-10-6-2,30-26-15-11-7-3)31-27-16-12-8-4;/h5-32H2,1-4H3;1H3/q+1;. The molecule has 0 amide bonds. The fraction of sp³-hybridized carbons (Fsp3) is 1.00. The van der Waals surface area contributed by atoms with E-state index in [1.807, 2.05) is 0 Å². The van der Waals surface area contributed by atoms with Crippen molar-refractivity contribution in [2.45, 2.75) is 182 Å².